The van der Waals surface area contributed by atoms with Gasteiger partial charge in [-0.15, -0.1) is 0 Å². The molecule has 1 saturated heterocycles. The molecule has 20 heavy (non-hydrogen) atoms. The van der Waals surface area contributed by atoms with Gasteiger partial charge in [-0.25, -0.2) is 9.97 Å². The molecule has 5 heteroatoms. The maximum absolute atomic E-state index is 12.1. The van der Waals surface area contributed by atoms with Crippen LogP contribution in [0.15, 0.2) is 18.5 Å². The third-order valence-electron chi connectivity index (χ3n) is 4.40. The van der Waals surface area contributed by atoms with E-state index in [1.54, 1.807) is 12.4 Å². The molecule has 0 radical (unpaired) electrons. The van der Waals surface area contributed by atoms with Gasteiger partial charge in [-0.05, 0) is 31.7 Å². The first-order valence-corrected chi connectivity index (χ1v) is 7.65. The Balaban J connectivity index is 1.47. The third kappa shape index (κ3) is 3.08. The quantitative estimate of drug-likeness (QED) is 0.912. The topological polar surface area (TPSA) is 58.1 Å². The normalized spacial score (nSPS) is 21.1. The number of aromatic nitrogens is 2. The van der Waals surface area contributed by atoms with E-state index in [1.165, 1.54) is 12.8 Å². The third-order valence-corrected chi connectivity index (χ3v) is 4.40. The highest BCUT2D eigenvalue weighted by molar-refractivity contribution is 5.79. The number of anilines is 1. The first-order valence-electron chi connectivity index (χ1n) is 7.65. The highest BCUT2D eigenvalue weighted by Gasteiger charge is 2.27. The molecule has 1 aliphatic carbocycles. The number of carbonyl (C=O) groups excluding carboxylic acids is 1. The van der Waals surface area contributed by atoms with E-state index in [0.29, 0.717) is 6.04 Å². The van der Waals surface area contributed by atoms with Gasteiger partial charge >= 0.3 is 0 Å². The minimum atomic E-state index is 0.269. The van der Waals surface area contributed by atoms with E-state index in [0.717, 1.165) is 44.7 Å². The highest BCUT2D eigenvalue weighted by Crippen LogP contribution is 2.25. The molecule has 0 bridgehead atoms. The van der Waals surface area contributed by atoms with Crippen LogP contribution in [0.4, 0.5) is 5.95 Å². The van der Waals surface area contributed by atoms with Crippen molar-refractivity contribution >= 4 is 11.9 Å². The van der Waals surface area contributed by atoms with Gasteiger partial charge in [0.1, 0.15) is 0 Å². The van der Waals surface area contributed by atoms with Crippen LogP contribution in [0, 0.1) is 5.92 Å². The molecule has 1 aromatic heterocycles. The Morgan fingerprint density at radius 2 is 1.75 bits per heavy atom. The molecule has 2 fully saturated rings. The van der Waals surface area contributed by atoms with E-state index in [-0.39, 0.29) is 11.8 Å². The summed E-state index contributed by atoms with van der Waals surface area (Å²) in [6.45, 7) is 1.83. The number of carbonyl (C=O) groups is 1. The van der Waals surface area contributed by atoms with Gasteiger partial charge in [-0.2, -0.15) is 0 Å². The molecule has 1 aliphatic heterocycles. The van der Waals surface area contributed by atoms with Crippen LogP contribution in [-0.4, -0.2) is 35.0 Å². The Bertz CT molecular complexity index is 436. The van der Waals surface area contributed by atoms with Crippen molar-refractivity contribution in [3.05, 3.63) is 18.5 Å². The van der Waals surface area contributed by atoms with Crippen molar-refractivity contribution in [2.75, 3.05) is 18.0 Å². The molecule has 0 atom stereocenters. The Morgan fingerprint density at radius 1 is 1.10 bits per heavy atom. The van der Waals surface area contributed by atoms with Gasteiger partial charge in [0, 0.05) is 37.4 Å². The highest BCUT2D eigenvalue weighted by atomic mass is 16.1. The molecule has 1 N–H and O–H groups in total. The van der Waals surface area contributed by atoms with E-state index in [9.17, 15) is 4.79 Å². The summed E-state index contributed by atoms with van der Waals surface area (Å²) < 4.78 is 0. The minimum absolute atomic E-state index is 0.269. The monoisotopic (exact) mass is 274 g/mol. The van der Waals surface area contributed by atoms with Crippen molar-refractivity contribution in [3.63, 3.8) is 0 Å². The summed E-state index contributed by atoms with van der Waals surface area (Å²) in [6, 6.07) is 2.15. The Morgan fingerprint density at radius 3 is 2.40 bits per heavy atom. The predicted molar refractivity (Wildman–Crippen MR) is 77.4 cm³/mol. The molecule has 1 amide bonds. The molecule has 1 aromatic rings. The number of hydrogen-bond acceptors (Lipinski definition) is 4. The molecule has 1 saturated carbocycles. The van der Waals surface area contributed by atoms with Crippen molar-refractivity contribution in [2.45, 2.75) is 44.6 Å². The fraction of sp³-hybridized carbons (Fsp3) is 0.667. The first kappa shape index (κ1) is 13.3. The van der Waals surface area contributed by atoms with Crippen LogP contribution in [0.1, 0.15) is 38.5 Å². The molecule has 3 rings (SSSR count). The van der Waals surface area contributed by atoms with E-state index < -0.39 is 0 Å². The zero-order valence-corrected chi connectivity index (χ0v) is 11.8. The number of nitrogens with one attached hydrogen (secondary N) is 1. The summed E-state index contributed by atoms with van der Waals surface area (Å²) in [5.41, 5.74) is 0. The van der Waals surface area contributed by atoms with E-state index >= 15 is 0 Å². The lowest BCUT2D eigenvalue weighted by atomic mass is 10.0. The number of hydrogen-bond donors (Lipinski definition) is 1. The number of nitrogens with zero attached hydrogens (tertiary/aromatic N) is 3. The number of piperidine rings is 1. The summed E-state index contributed by atoms with van der Waals surface area (Å²) in [6.07, 6.45) is 10.1. The molecule has 5 nitrogen and oxygen atoms in total. The molecule has 2 aliphatic rings. The summed E-state index contributed by atoms with van der Waals surface area (Å²) in [7, 11) is 0. The molecule has 0 unspecified atom stereocenters. The van der Waals surface area contributed by atoms with Crippen LogP contribution in [0.3, 0.4) is 0 Å². The zero-order chi connectivity index (χ0) is 13.8. The van der Waals surface area contributed by atoms with Gasteiger partial charge < -0.3 is 10.2 Å². The fourth-order valence-corrected chi connectivity index (χ4v) is 3.19. The summed E-state index contributed by atoms with van der Waals surface area (Å²) in [5.74, 6) is 1.34. The number of amides is 1. The predicted octanol–water partition coefficient (Wildman–Crippen LogP) is 1.75. The fourth-order valence-electron chi connectivity index (χ4n) is 3.19. The molecule has 0 aromatic carbocycles. The summed E-state index contributed by atoms with van der Waals surface area (Å²) >= 11 is 0. The van der Waals surface area contributed by atoms with Gasteiger partial charge in [-0.1, -0.05) is 12.8 Å². The smallest absolute Gasteiger partial charge is 0.225 e. The molecule has 0 spiro atoms. The molecular weight excluding hydrogens is 252 g/mol. The standard InChI is InChI=1S/C15H22N4O/c20-14(12-4-1-2-5-12)18-13-6-10-19(11-7-13)15-16-8-3-9-17-15/h3,8-9,12-13H,1-2,4-7,10-11H2,(H,18,20). The minimum Gasteiger partial charge on any atom is -0.353 e. The lowest BCUT2D eigenvalue weighted by Gasteiger charge is -2.32. The lowest BCUT2D eigenvalue weighted by Crippen LogP contribution is -2.46. The van der Waals surface area contributed by atoms with Crippen LogP contribution in [0.2, 0.25) is 0 Å². The van der Waals surface area contributed by atoms with Crippen molar-refractivity contribution in [1.82, 2.24) is 15.3 Å². The van der Waals surface area contributed by atoms with Crippen molar-refractivity contribution in [3.8, 4) is 0 Å². The maximum atomic E-state index is 12.1. The van der Waals surface area contributed by atoms with Gasteiger partial charge in [0.05, 0.1) is 0 Å². The summed E-state index contributed by atoms with van der Waals surface area (Å²) in [4.78, 5) is 22.9. The molecule has 2 heterocycles. The maximum Gasteiger partial charge on any atom is 0.225 e. The van der Waals surface area contributed by atoms with E-state index in [4.69, 9.17) is 0 Å². The second-order valence-electron chi connectivity index (χ2n) is 5.80. The van der Waals surface area contributed by atoms with Gasteiger partial charge in [-0.3, -0.25) is 4.79 Å². The SMILES string of the molecule is O=C(NC1CCN(c2ncccn2)CC1)C1CCCC1. The largest absolute Gasteiger partial charge is 0.353 e. The van der Waals surface area contributed by atoms with Crippen LogP contribution < -0.4 is 10.2 Å². The average molecular weight is 274 g/mol. The molecular formula is C15H22N4O. The van der Waals surface area contributed by atoms with Crippen LogP contribution in [0.25, 0.3) is 0 Å². The van der Waals surface area contributed by atoms with E-state index in [2.05, 4.69) is 20.2 Å². The summed E-state index contributed by atoms with van der Waals surface area (Å²) in [5, 5.41) is 3.23. The Labute approximate surface area is 119 Å². The Kier molecular flexibility index (Phi) is 4.14. The van der Waals surface area contributed by atoms with Crippen molar-refractivity contribution < 1.29 is 4.79 Å². The van der Waals surface area contributed by atoms with Crippen LogP contribution in [0.5, 0.6) is 0 Å². The van der Waals surface area contributed by atoms with Gasteiger partial charge in [0.15, 0.2) is 0 Å². The van der Waals surface area contributed by atoms with Gasteiger partial charge in [0.2, 0.25) is 11.9 Å². The van der Waals surface area contributed by atoms with E-state index in [1.807, 2.05) is 6.07 Å². The van der Waals surface area contributed by atoms with Crippen LogP contribution in [-0.2, 0) is 4.79 Å². The molecule has 108 valence electrons. The van der Waals surface area contributed by atoms with Crippen molar-refractivity contribution in [2.24, 2.45) is 5.92 Å². The van der Waals surface area contributed by atoms with Crippen molar-refractivity contribution in [1.29, 1.82) is 0 Å². The first-order chi connectivity index (χ1) is 9.83. The lowest BCUT2D eigenvalue weighted by molar-refractivity contribution is -0.125. The Hall–Kier alpha value is -1.65. The average Bonchev–Trinajstić information content (AvgIpc) is 3.03. The number of rotatable bonds is 3. The van der Waals surface area contributed by atoms with Gasteiger partial charge in [0.25, 0.3) is 0 Å². The second kappa shape index (κ2) is 6.20. The second-order valence-corrected chi connectivity index (χ2v) is 5.80. The zero-order valence-electron chi connectivity index (χ0n) is 11.8. The van der Waals surface area contributed by atoms with Crippen LogP contribution >= 0.6 is 0 Å².